The Kier molecular flexibility index (Phi) is 4.23. The van der Waals surface area contributed by atoms with Crippen molar-refractivity contribution in [2.75, 3.05) is 13.6 Å². The van der Waals surface area contributed by atoms with E-state index in [0.717, 1.165) is 5.56 Å². The molecule has 0 saturated heterocycles. The molecule has 0 amide bonds. The Balaban J connectivity index is 2.14. The highest BCUT2D eigenvalue weighted by molar-refractivity contribution is 6.30. The van der Waals surface area contributed by atoms with Crippen LogP contribution in [0.3, 0.4) is 0 Å². The minimum absolute atomic E-state index is 0.202. The van der Waals surface area contributed by atoms with Gasteiger partial charge in [-0.1, -0.05) is 29.8 Å². The van der Waals surface area contributed by atoms with Gasteiger partial charge in [0.25, 0.3) is 0 Å². The van der Waals surface area contributed by atoms with E-state index in [2.05, 4.69) is 5.32 Å². The molecule has 5 heteroatoms. The highest BCUT2D eigenvalue weighted by Crippen LogP contribution is 2.44. The number of nitrogens with one attached hydrogen (secondary N) is 1. The van der Waals surface area contributed by atoms with Crippen LogP contribution in [-0.4, -0.2) is 30.8 Å². The van der Waals surface area contributed by atoms with Gasteiger partial charge in [0.1, 0.15) is 11.9 Å². The molecule has 2 N–H and O–H groups in total. The molecule has 1 aromatic carbocycles. The van der Waals surface area contributed by atoms with Crippen LogP contribution in [0.1, 0.15) is 11.5 Å². The molecule has 1 heterocycles. The maximum Gasteiger partial charge on any atom is 0.307 e. The smallest absolute Gasteiger partial charge is 0.307 e. The summed E-state index contributed by atoms with van der Waals surface area (Å²) in [4.78, 5) is 12.0. The maximum atomic E-state index is 12.0. The third-order valence-corrected chi connectivity index (χ3v) is 4.55. The van der Waals surface area contributed by atoms with Gasteiger partial charge in [0.05, 0.1) is 5.92 Å². The molecule has 0 spiro atoms. The summed E-state index contributed by atoms with van der Waals surface area (Å²) >= 11 is 6.12. The third kappa shape index (κ3) is 2.64. The number of benzene rings is 1. The van der Waals surface area contributed by atoms with Crippen LogP contribution in [0.5, 0.6) is 5.75 Å². The molecule has 1 aliphatic carbocycles. The van der Waals surface area contributed by atoms with Crippen molar-refractivity contribution >= 4 is 17.6 Å². The summed E-state index contributed by atoms with van der Waals surface area (Å²) in [6, 6.07) is 5.42. The van der Waals surface area contributed by atoms with Crippen molar-refractivity contribution < 1.29 is 14.6 Å². The SMILES string of the molecule is CNC[C@@H]1c2cc(Cl)ccc2OC2C=CC=CC2[C@H]1C(=O)O. The third-order valence-electron chi connectivity index (χ3n) is 4.32. The van der Waals surface area contributed by atoms with E-state index in [9.17, 15) is 9.90 Å². The fourth-order valence-electron chi connectivity index (χ4n) is 3.36. The molecule has 0 bridgehead atoms. The predicted octanol–water partition coefficient (Wildman–Crippen LogP) is 2.85. The molecule has 1 aliphatic heterocycles. The Morgan fingerprint density at radius 3 is 2.86 bits per heavy atom. The van der Waals surface area contributed by atoms with Crippen molar-refractivity contribution in [2.24, 2.45) is 11.8 Å². The zero-order chi connectivity index (χ0) is 15.7. The molecule has 2 aliphatic rings. The fourth-order valence-corrected chi connectivity index (χ4v) is 3.54. The van der Waals surface area contributed by atoms with Gasteiger partial charge in [-0.25, -0.2) is 0 Å². The fraction of sp³-hybridized carbons (Fsp3) is 0.353. The Bertz CT molecular complexity index is 641. The van der Waals surface area contributed by atoms with E-state index in [1.807, 2.05) is 43.5 Å². The van der Waals surface area contributed by atoms with Crippen LogP contribution in [0.4, 0.5) is 0 Å². The van der Waals surface area contributed by atoms with Crippen LogP contribution in [0.25, 0.3) is 0 Å². The number of fused-ring (bicyclic) bond motifs is 2. The summed E-state index contributed by atoms with van der Waals surface area (Å²) in [7, 11) is 1.82. The van der Waals surface area contributed by atoms with Crippen molar-refractivity contribution in [1.29, 1.82) is 0 Å². The number of carboxylic acids is 1. The van der Waals surface area contributed by atoms with Crippen LogP contribution in [0.15, 0.2) is 42.5 Å². The van der Waals surface area contributed by atoms with Crippen molar-refractivity contribution in [2.45, 2.75) is 12.0 Å². The number of aliphatic carboxylic acids is 1. The van der Waals surface area contributed by atoms with Gasteiger partial charge < -0.3 is 15.2 Å². The van der Waals surface area contributed by atoms with Crippen LogP contribution in [0.2, 0.25) is 5.02 Å². The standard InChI is InChI=1S/C17H18ClNO3/c1-19-9-13-12-8-10(18)6-7-15(12)22-14-5-3-2-4-11(14)16(13)17(20)21/h2-8,11,13-14,16,19H,9H2,1H3,(H,20,21)/t11?,13-,14?,16-/m1/s1. The second-order valence-corrected chi connectivity index (χ2v) is 6.08. The van der Waals surface area contributed by atoms with E-state index in [-0.39, 0.29) is 17.9 Å². The first kappa shape index (κ1) is 15.1. The largest absolute Gasteiger partial charge is 0.485 e. The molecule has 4 atom stereocenters. The molecule has 0 saturated carbocycles. The topological polar surface area (TPSA) is 58.6 Å². The van der Waals surface area contributed by atoms with Crippen LogP contribution >= 0.6 is 11.6 Å². The van der Waals surface area contributed by atoms with Gasteiger partial charge in [0.15, 0.2) is 0 Å². The molecular formula is C17H18ClNO3. The molecule has 4 nitrogen and oxygen atoms in total. The maximum absolute atomic E-state index is 12.0. The molecule has 0 radical (unpaired) electrons. The summed E-state index contributed by atoms with van der Waals surface area (Å²) in [6.07, 6.45) is 7.36. The Labute approximate surface area is 134 Å². The number of likely N-dealkylation sites (N-methyl/N-ethyl adjacent to an activating group) is 1. The molecule has 2 unspecified atom stereocenters. The van der Waals surface area contributed by atoms with Crippen LogP contribution in [0, 0.1) is 11.8 Å². The number of hydrogen-bond donors (Lipinski definition) is 2. The highest BCUT2D eigenvalue weighted by Gasteiger charge is 2.43. The molecule has 22 heavy (non-hydrogen) atoms. The monoisotopic (exact) mass is 319 g/mol. The van der Waals surface area contributed by atoms with E-state index in [4.69, 9.17) is 16.3 Å². The van der Waals surface area contributed by atoms with Crippen LogP contribution in [-0.2, 0) is 4.79 Å². The van der Waals surface area contributed by atoms with Gasteiger partial charge in [0.2, 0.25) is 0 Å². The lowest BCUT2D eigenvalue weighted by Crippen LogP contribution is -2.38. The molecule has 116 valence electrons. The minimum Gasteiger partial charge on any atom is -0.485 e. The van der Waals surface area contributed by atoms with Crippen molar-refractivity contribution in [3.05, 3.63) is 53.1 Å². The van der Waals surface area contributed by atoms with Crippen molar-refractivity contribution in [3.63, 3.8) is 0 Å². The van der Waals surface area contributed by atoms with E-state index < -0.39 is 11.9 Å². The highest BCUT2D eigenvalue weighted by atomic mass is 35.5. The van der Waals surface area contributed by atoms with E-state index in [1.54, 1.807) is 6.07 Å². The summed E-state index contributed by atoms with van der Waals surface area (Å²) in [5.74, 6) is -1.08. The number of halogens is 1. The van der Waals surface area contributed by atoms with Gasteiger partial charge >= 0.3 is 5.97 Å². The molecule has 0 fully saturated rings. The zero-order valence-corrected chi connectivity index (χ0v) is 13.0. The van der Waals surface area contributed by atoms with E-state index in [0.29, 0.717) is 17.3 Å². The number of hydrogen-bond acceptors (Lipinski definition) is 3. The molecular weight excluding hydrogens is 302 g/mol. The van der Waals surface area contributed by atoms with Gasteiger partial charge in [-0.15, -0.1) is 0 Å². The zero-order valence-electron chi connectivity index (χ0n) is 12.2. The first-order valence-corrected chi connectivity index (χ1v) is 7.68. The Hall–Kier alpha value is -1.78. The number of carboxylic acid groups (broad SMARTS) is 1. The second-order valence-electron chi connectivity index (χ2n) is 5.64. The van der Waals surface area contributed by atoms with Gasteiger partial charge in [-0.2, -0.15) is 0 Å². The van der Waals surface area contributed by atoms with Gasteiger partial charge in [-0.3, -0.25) is 4.79 Å². The number of rotatable bonds is 3. The lowest BCUT2D eigenvalue weighted by molar-refractivity contribution is -0.144. The number of carbonyl (C=O) groups is 1. The first-order chi connectivity index (χ1) is 10.6. The summed E-state index contributed by atoms with van der Waals surface area (Å²) in [5.41, 5.74) is 0.852. The Morgan fingerprint density at radius 1 is 1.36 bits per heavy atom. The molecule has 1 aromatic rings. The second kappa shape index (κ2) is 6.15. The lowest BCUT2D eigenvalue weighted by atomic mass is 9.75. The molecule has 0 aromatic heterocycles. The average molecular weight is 320 g/mol. The normalized spacial score (nSPS) is 29.2. The predicted molar refractivity (Wildman–Crippen MR) is 85.4 cm³/mol. The summed E-state index contributed by atoms with van der Waals surface area (Å²) < 4.78 is 6.09. The van der Waals surface area contributed by atoms with Crippen LogP contribution < -0.4 is 10.1 Å². The van der Waals surface area contributed by atoms with E-state index >= 15 is 0 Å². The average Bonchev–Trinajstić information content (AvgIpc) is 2.62. The Morgan fingerprint density at radius 2 is 2.14 bits per heavy atom. The van der Waals surface area contributed by atoms with E-state index in [1.165, 1.54) is 0 Å². The van der Waals surface area contributed by atoms with Gasteiger partial charge in [0, 0.05) is 29.0 Å². The first-order valence-electron chi connectivity index (χ1n) is 7.30. The number of allylic oxidation sites excluding steroid dienone is 2. The minimum atomic E-state index is -0.813. The quantitative estimate of drug-likeness (QED) is 0.899. The van der Waals surface area contributed by atoms with Crippen molar-refractivity contribution in [1.82, 2.24) is 5.32 Å². The van der Waals surface area contributed by atoms with Gasteiger partial charge in [-0.05, 0) is 31.3 Å². The summed E-state index contributed by atoms with van der Waals surface area (Å²) in [6.45, 7) is 0.550. The molecule has 3 rings (SSSR count). The summed E-state index contributed by atoms with van der Waals surface area (Å²) in [5, 5.41) is 13.5. The van der Waals surface area contributed by atoms with Crippen molar-refractivity contribution in [3.8, 4) is 5.75 Å². The number of ether oxygens (including phenoxy) is 1. The lowest BCUT2D eigenvalue weighted by Gasteiger charge is -2.30.